The zero-order chi connectivity index (χ0) is 29.2. The van der Waals surface area contributed by atoms with Gasteiger partial charge in [-0.05, 0) is 28.9 Å². The van der Waals surface area contributed by atoms with Gasteiger partial charge in [0.15, 0.2) is 0 Å². The topological polar surface area (TPSA) is 131 Å². The number of carbonyl (C=O) groups is 4. The molecule has 39 heavy (non-hydrogen) atoms. The Bertz CT molecular complexity index is 1060. The molecular weight excluding hydrogens is 500 g/mol. The summed E-state index contributed by atoms with van der Waals surface area (Å²) in [4.78, 5) is 53.2. The molecule has 2 amide bonds. The number of likely N-dealkylation sites (N-methyl/N-ethyl adjacent to an activating group) is 1. The predicted octanol–water partition coefficient (Wildman–Crippen LogP) is 3.14. The van der Waals surface area contributed by atoms with Crippen LogP contribution in [0.3, 0.4) is 0 Å². The summed E-state index contributed by atoms with van der Waals surface area (Å²) in [5.41, 5.74) is -2.42. The monoisotopic (exact) mass is 540 g/mol. The minimum atomic E-state index is -2.97. The minimum absolute atomic E-state index is 0.0617. The molecule has 0 heterocycles. The van der Waals surface area contributed by atoms with Gasteiger partial charge in [-0.2, -0.15) is 0 Å². The number of hydrogen-bond donors (Lipinski definition) is 3. The fourth-order valence-electron chi connectivity index (χ4n) is 4.04. The first-order valence-corrected chi connectivity index (χ1v) is 13.0. The van der Waals surface area contributed by atoms with Crippen LogP contribution in [0.1, 0.15) is 52.2 Å². The highest BCUT2D eigenvalue weighted by molar-refractivity contribution is 6.08. The van der Waals surface area contributed by atoms with Crippen LogP contribution in [0, 0.1) is 17.3 Å². The largest absolute Gasteiger partial charge is 0.458 e. The molecule has 9 heteroatoms. The van der Waals surface area contributed by atoms with E-state index >= 15 is 0 Å². The Hall–Kier alpha value is -3.72. The van der Waals surface area contributed by atoms with Crippen molar-refractivity contribution < 1.29 is 33.8 Å². The molecule has 2 atom stereocenters. The first kappa shape index (κ1) is 31.5. The van der Waals surface area contributed by atoms with E-state index in [1.54, 1.807) is 95.3 Å². The van der Waals surface area contributed by atoms with Crippen molar-refractivity contribution in [3.05, 3.63) is 71.8 Å². The lowest BCUT2D eigenvalue weighted by molar-refractivity contribution is -0.195. The zero-order valence-electron chi connectivity index (χ0n) is 23.5. The summed E-state index contributed by atoms with van der Waals surface area (Å²) in [5.74, 6) is -5.73. The lowest BCUT2D eigenvalue weighted by Gasteiger charge is -2.35. The lowest BCUT2D eigenvalue weighted by Crippen LogP contribution is -2.62. The van der Waals surface area contributed by atoms with Gasteiger partial charge in [0.2, 0.25) is 11.8 Å². The van der Waals surface area contributed by atoms with Crippen LogP contribution < -0.4 is 10.6 Å². The Morgan fingerprint density at radius 2 is 1.23 bits per heavy atom. The highest BCUT2D eigenvalue weighted by Crippen LogP contribution is 2.30. The van der Waals surface area contributed by atoms with E-state index in [9.17, 15) is 24.3 Å². The molecule has 2 rings (SSSR count). The van der Waals surface area contributed by atoms with Gasteiger partial charge in [0, 0.05) is 7.05 Å². The van der Waals surface area contributed by atoms with Crippen LogP contribution in [-0.2, 0) is 41.9 Å². The molecule has 0 spiro atoms. The number of hydrogen-bond acceptors (Lipinski definition) is 7. The molecule has 3 N–H and O–H groups in total. The molecule has 2 aromatic carbocycles. The van der Waals surface area contributed by atoms with E-state index < -0.39 is 46.7 Å². The van der Waals surface area contributed by atoms with Gasteiger partial charge in [-0.15, -0.1) is 0 Å². The minimum Gasteiger partial charge on any atom is -0.458 e. The van der Waals surface area contributed by atoms with Gasteiger partial charge in [0.05, 0.1) is 5.92 Å². The van der Waals surface area contributed by atoms with Gasteiger partial charge in [0.1, 0.15) is 19.3 Å². The van der Waals surface area contributed by atoms with Crippen molar-refractivity contribution >= 4 is 23.8 Å². The van der Waals surface area contributed by atoms with Crippen LogP contribution in [0.25, 0.3) is 0 Å². The molecule has 0 aliphatic carbocycles. The molecule has 9 nitrogen and oxygen atoms in total. The van der Waals surface area contributed by atoms with Crippen molar-refractivity contribution in [2.75, 3.05) is 7.05 Å². The summed E-state index contributed by atoms with van der Waals surface area (Å²) in [6.07, 6.45) is -0.0617. The molecule has 0 aliphatic rings. The molecule has 0 saturated heterocycles. The molecule has 0 bridgehead atoms. The predicted molar refractivity (Wildman–Crippen MR) is 146 cm³/mol. The third-order valence-electron chi connectivity index (χ3n) is 6.24. The molecule has 1 unspecified atom stereocenters. The van der Waals surface area contributed by atoms with Crippen molar-refractivity contribution in [3.63, 3.8) is 0 Å². The number of carbonyl (C=O) groups excluding carboxylic acids is 4. The van der Waals surface area contributed by atoms with Gasteiger partial charge in [0.25, 0.3) is 5.60 Å². The Balaban J connectivity index is 2.46. The summed E-state index contributed by atoms with van der Waals surface area (Å²) in [7, 11) is 1.44. The van der Waals surface area contributed by atoms with E-state index in [4.69, 9.17) is 9.47 Å². The molecule has 2 aromatic rings. The third-order valence-corrected chi connectivity index (χ3v) is 6.24. The molecular formula is C30H40N2O7. The van der Waals surface area contributed by atoms with Crippen LogP contribution in [0.2, 0.25) is 0 Å². The summed E-state index contributed by atoms with van der Waals surface area (Å²) in [5, 5.41) is 17.0. The Morgan fingerprint density at radius 1 is 0.795 bits per heavy atom. The first-order valence-electron chi connectivity index (χ1n) is 13.0. The van der Waals surface area contributed by atoms with Crippen LogP contribution in [0.15, 0.2) is 60.7 Å². The van der Waals surface area contributed by atoms with E-state index in [0.717, 1.165) is 0 Å². The van der Waals surface area contributed by atoms with E-state index in [-0.39, 0.29) is 25.6 Å². The maximum absolute atomic E-state index is 13.7. The smallest absolute Gasteiger partial charge is 0.351 e. The molecule has 0 fully saturated rings. The quantitative estimate of drug-likeness (QED) is 0.278. The number of aliphatic hydroxyl groups is 1. The van der Waals surface area contributed by atoms with Crippen molar-refractivity contribution in [1.29, 1.82) is 0 Å². The number of amides is 2. The molecule has 0 saturated carbocycles. The summed E-state index contributed by atoms with van der Waals surface area (Å²) < 4.78 is 10.7. The summed E-state index contributed by atoms with van der Waals surface area (Å²) in [6.45, 7) is 8.40. The number of benzene rings is 2. The van der Waals surface area contributed by atoms with Crippen molar-refractivity contribution in [1.82, 2.24) is 10.6 Å². The van der Waals surface area contributed by atoms with Crippen LogP contribution in [0.5, 0.6) is 0 Å². The fraction of sp³-hybridized carbons (Fsp3) is 0.467. The van der Waals surface area contributed by atoms with E-state index in [0.29, 0.717) is 11.1 Å². The molecule has 0 radical (unpaired) electrons. The first-order chi connectivity index (χ1) is 18.3. The summed E-state index contributed by atoms with van der Waals surface area (Å²) >= 11 is 0. The van der Waals surface area contributed by atoms with Crippen LogP contribution in [0.4, 0.5) is 0 Å². The number of rotatable bonds is 12. The average Bonchev–Trinajstić information content (AvgIpc) is 2.91. The number of esters is 2. The normalized spacial score (nSPS) is 13.2. The van der Waals surface area contributed by atoms with E-state index in [2.05, 4.69) is 10.6 Å². The molecule has 212 valence electrons. The second-order valence-electron chi connectivity index (χ2n) is 11.0. The second kappa shape index (κ2) is 13.9. The highest BCUT2D eigenvalue weighted by atomic mass is 16.6. The van der Waals surface area contributed by atoms with Gasteiger partial charge >= 0.3 is 11.9 Å². The SMILES string of the molecule is CNC(=O)[C@@H](NC(=O)C(CC(C)C)C(O)(C(=O)OCc1ccccc1)C(=O)OCc1ccccc1)C(C)(C)C. The number of nitrogens with one attached hydrogen (secondary N) is 2. The second-order valence-corrected chi connectivity index (χ2v) is 11.0. The highest BCUT2D eigenvalue weighted by Gasteiger charge is 2.57. The Labute approximate surface area is 230 Å². The summed E-state index contributed by atoms with van der Waals surface area (Å²) in [6, 6.07) is 16.5. The van der Waals surface area contributed by atoms with E-state index in [1.807, 2.05) is 0 Å². The third kappa shape index (κ3) is 8.64. The maximum Gasteiger partial charge on any atom is 0.351 e. The van der Waals surface area contributed by atoms with Crippen molar-refractivity contribution in [3.8, 4) is 0 Å². The Kier molecular flexibility index (Phi) is 11.2. The van der Waals surface area contributed by atoms with Gasteiger partial charge < -0.3 is 25.2 Å². The van der Waals surface area contributed by atoms with Crippen LogP contribution in [-0.4, -0.2) is 47.6 Å². The van der Waals surface area contributed by atoms with Crippen molar-refractivity contribution in [2.45, 2.75) is 65.9 Å². The average molecular weight is 541 g/mol. The Morgan fingerprint density at radius 3 is 1.59 bits per heavy atom. The fourth-order valence-corrected chi connectivity index (χ4v) is 4.04. The number of ether oxygens (including phenoxy) is 2. The van der Waals surface area contributed by atoms with E-state index in [1.165, 1.54) is 7.05 Å². The maximum atomic E-state index is 13.7. The standard InChI is InChI=1S/C30H40N2O7/c1-20(2)17-23(25(33)32-24(26(34)31-6)29(3,4)5)30(37,27(35)38-18-21-13-9-7-10-14-21)28(36)39-19-22-15-11-8-12-16-22/h7-16,20,23-24,37H,17-19H2,1-6H3,(H,31,34)(H,32,33)/t23?,24-/m1/s1. The zero-order valence-corrected chi connectivity index (χ0v) is 23.5. The lowest BCUT2D eigenvalue weighted by atomic mass is 9.79. The van der Waals surface area contributed by atoms with Crippen molar-refractivity contribution in [2.24, 2.45) is 17.3 Å². The molecule has 0 aliphatic heterocycles. The van der Waals surface area contributed by atoms with Gasteiger partial charge in [-0.25, -0.2) is 9.59 Å². The van der Waals surface area contributed by atoms with Gasteiger partial charge in [-0.1, -0.05) is 95.3 Å². The van der Waals surface area contributed by atoms with Crippen LogP contribution >= 0.6 is 0 Å². The molecule has 0 aromatic heterocycles. The van der Waals surface area contributed by atoms with Gasteiger partial charge in [-0.3, -0.25) is 9.59 Å².